The Hall–Kier alpha value is -2.93. The summed E-state index contributed by atoms with van der Waals surface area (Å²) in [4.78, 5) is 2.23. The summed E-state index contributed by atoms with van der Waals surface area (Å²) in [7, 11) is 0. The number of rotatable bonds is 13. The number of benzene rings is 2. The van der Waals surface area contributed by atoms with E-state index in [4.69, 9.17) is 14.6 Å². The molecule has 1 aromatic heterocycles. The molecule has 0 bridgehead atoms. The van der Waals surface area contributed by atoms with Crippen molar-refractivity contribution in [1.29, 1.82) is 0 Å². The molecule has 2 aromatic carbocycles. The van der Waals surface area contributed by atoms with Crippen LogP contribution in [0.5, 0.6) is 11.6 Å². The summed E-state index contributed by atoms with van der Waals surface area (Å²) in [6.07, 6.45) is 1.86. The van der Waals surface area contributed by atoms with E-state index in [1.807, 2.05) is 59.3 Å². The van der Waals surface area contributed by atoms with Crippen LogP contribution in [-0.2, 0) is 17.7 Å². The quantitative estimate of drug-likeness (QED) is 0.275. The van der Waals surface area contributed by atoms with E-state index in [9.17, 15) is 5.11 Å². The number of aryl methyl sites for hydroxylation is 2. The van der Waals surface area contributed by atoms with Crippen LogP contribution in [-0.4, -0.2) is 51.7 Å². The number of para-hydroxylation sites is 1. The molecule has 0 saturated carbocycles. The van der Waals surface area contributed by atoms with Gasteiger partial charge in [0.15, 0.2) is 0 Å². The van der Waals surface area contributed by atoms with E-state index in [-0.39, 0.29) is 12.6 Å². The molecule has 6 nitrogen and oxygen atoms in total. The SMILES string of the molecule is C=CCOCC(O)CN(Cc1c(CC)nn(-c2ccccc2)c1Oc1ccc(C)cc1)C(C)C. The first-order valence-electron chi connectivity index (χ1n) is 11.9. The third kappa shape index (κ3) is 6.79. The molecule has 0 spiro atoms. The van der Waals surface area contributed by atoms with Crippen LogP contribution in [0.15, 0.2) is 67.3 Å². The van der Waals surface area contributed by atoms with Crippen molar-refractivity contribution in [2.75, 3.05) is 19.8 Å². The Balaban J connectivity index is 1.97. The van der Waals surface area contributed by atoms with Crippen LogP contribution >= 0.6 is 0 Å². The highest BCUT2D eigenvalue weighted by molar-refractivity contribution is 5.44. The second-order valence-electron chi connectivity index (χ2n) is 8.75. The van der Waals surface area contributed by atoms with E-state index in [0.717, 1.165) is 29.1 Å². The normalized spacial score (nSPS) is 12.3. The maximum atomic E-state index is 10.6. The van der Waals surface area contributed by atoms with Crippen LogP contribution in [0.2, 0.25) is 0 Å². The van der Waals surface area contributed by atoms with Gasteiger partial charge in [0.1, 0.15) is 5.75 Å². The zero-order valence-electron chi connectivity index (χ0n) is 20.8. The minimum absolute atomic E-state index is 0.214. The van der Waals surface area contributed by atoms with Crippen LogP contribution in [0.1, 0.15) is 37.6 Å². The van der Waals surface area contributed by atoms with Crippen molar-refractivity contribution >= 4 is 0 Å². The number of aliphatic hydroxyl groups excluding tert-OH is 1. The van der Waals surface area contributed by atoms with Crippen molar-refractivity contribution in [2.45, 2.75) is 52.8 Å². The Morgan fingerprint density at radius 3 is 2.44 bits per heavy atom. The first-order chi connectivity index (χ1) is 16.4. The summed E-state index contributed by atoms with van der Waals surface area (Å²) < 4.78 is 13.8. The maximum absolute atomic E-state index is 10.6. The Kier molecular flexibility index (Phi) is 9.45. The van der Waals surface area contributed by atoms with Crippen molar-refractivity contribution in [3.8, 4) is 17.3 Å². The molecule has 1 atom stereocenters. The van der Waals surface area contributed by atoms with Crippen molar-refractivity contribution in [2.24, 2.45) is 0 Å². The first kappa shape index (κ1) is 25.7. The van der Waals surface area contributed by atoms with Gasteiger partial charge in [0, 0.05) is 19.1 Å². The summed E-state index contributed by atoms with van der Waals surface area (Å²) in [5, 5.41) is 15.5. The molecular weight excluding hydrogens is 426 g/mol. The summed E-state index contributed by atoms with van der Waals surface area (Å²) in [5.41, 5.74) is 4.13. The Labute approximate surface area is 203 Å². The van der Waals surface area contributed by atoms with Crippen LogP contribution in [0.4, 0.5) is 0 Å². The fraction of sp³-hybridized carbons (Fsp3) is 0.393. The largest absolute Gasteiger partial charge is 0.439 e. The molecule has 6 heteroatoms. The highest BCUT2D eigenvalue weighted by atomic mass is 16.5. The summed E-state index contributed by atoms with van der Waals surface area (Å²) in [5.74, 6) is 1.47. The van der Waals surface area contributed by atoms with Gasteiger partial charge >= 0.3 is 0 Å². The number of hydrogen-bond acceptors (Lipinski definition) is 5. The van der Waals surface area contributed by atoms with E-state index in [1.165, 1.54) is 5.56 Å². The topological polar surface area (TPSA) is 59.8 Å². The number of aliphatic hydroxyl groups is 1. The lowest BCUT2D eigenvalue weighted by Crippen LogP contribution is -2.39. The standard InChI is InChI=1S/C28H37N3O3/c1-6-17-33-20-24(32)18-30(21(3)4)19-26-27(7-2)29-31(23-11-9-8-10-12-23)28(26)34-25-15-13-22(5)14-16-25/h6,8-16,21,24,32H,1,7,17-20H2,2-5H3. The van der Waals surface area contributed by atoms with E-state index in [0.29, 0.717) is 25.6 Å². The summed E-state index contributed by atoms with van der Waals surface area (Å²) in [6.45, 7) is 13.9. The number of nitrogens with zero attached hydrogens (tertiary/aromatic N) is 3. The molecule has 0 aliphatic heterocycles. The minimum atomic E-state index is -0.599. The highest BCUT2D eigenvalue weighted by Gasteiger charge is 2.25. The van der Waals surface area contributed by atoms with Gasteiger partial charge in [0.2, 0.25) is 5.88 Å². The van der Waals surface area contributed by atoms with Crippen molar-refractivity contribution < 1.29 is 14.6 Å². The van der Waals surface area contributed by atoms with Gasteiger partial charge in [-0.3, -0.25) is 4.90 Å². The smallest absolute Gasteiger partial charge is 0.227 e. The zero-order chi connectivity index (χ0) is 24.5. The minimum Gasteiger partial charge on any atom is -0.439 e. The van der Waals surface area contributed by atoms with Crippen LogP contribution < -0.4 is 4.74 Å². The third-order valence-electron chi connectivity index (χ3n) is 5.67. The Morgan fingerprint density at radius 1 is 1.12 bits per heavy atom. The van der Waals surface area contributed by atoms with Gasteiger partial charge in [-0.2, -0.15) is 5.10 Å². The molecule has 1 N–H and O–H groups in total. The summed E-state index contributed by atoms with van der Waals surface area (Å²) >= 11 is 0. The monoisotopic (exact) mass is 463 g/mol. The van der Waals surface area contributed by atoms with Gasteiger partial charge in [-0.15, -0.1) is 6.58 Å². The number of hydrogen-bond donors (Lipinski definition) is 1. The Bertz CT molecular complexity index is 1030. The molecular formula is C28H37N3O3. The van der Waals surface area contributed by atoms with Crippen molar-refractivity contribution in [3.05, 3.63) is 84.1 Å². The molecule has 34 heavy (non-hydrogen) atoms. The molecule has 182 valence electrons. The lowest BCUT2D eigenvalue weighted by atomic mass is 10.1. The van der Waals surface area contributed by atoms with Crippen molar-refractivity contribution in [3.63, 3.8) is 0 Å². The Morgan fingerprint density at radius 2 is 1.82 bits per heavy atom. The molecule has 0 fully saturated rings. The molecule has 3 aromatic rings. The summed E-state index contributed by atoms with van der Waals surface area (Å²) in [6, 6.07) is 18.3. The molecule has 1 heterocycles. The highest BCUT2D eigenvalue weighted by Crippen LogP contribution is 2.32. The average molecular weight is 464 g/mol. The van der Waals surface area contributed by atoms with E-state index in [2.05, 4.69) is 39.2 Å². The molecule has 0 aliphatic rings. The lowest BCUT2D eigenvalue weighted by Gasteiger charge is -2.29. The van der Waals surface area contributed by atoms with Gasteiger partial charge in [-0.05, 0) is 51.5 Å². The maximum Gasteiger partial charge on any atom is 0.227 e. The molecule has 0 amide bonds. The van der Waals surface area contributed by atoms with Gasteiger partial charge in [0.05, 0.1) is 36.3 Å². The molecule has 0 saturated heterocycles. The lowest BCUT2D eigenvalue weighted by molar-refractivity contribution is 0.0176. The van der Waals surface area contributed by atoms with E-state index < -0.39 is 6.10 Å². The second kappa shape index (κ2) is 12.5. The van der Waals surface area contributed by atoms with Gasteiger partial charge in [0.25, 0.3) is 0 Å². The molecule has 0 aliphatic carbocycles. The van der Waals surface area contributed by atoms with Gasteiger partial charge < -0.3 is 14.6 Å². The number of aromatic nitrogens is 2. The van der Waals surface area contributed by atoms with Gasteiger partial charge in [-0.1, -0.05) is 48.9 Å². The molecule has 3 rings (SSSR count). The molecule has 0 radical (unpaired) electrons. The van der Waals surface area contributed by atoms with E-state index >= 15 is 0 Å². The first-order valence-corrected chi connectivity index (χ1v) is 11.9. The van der Waals surface area contributed by atoms with Crippen molar-refractivity contribution in [1.82, 2.24) is 14.7 Å². The fourth-order valence-corrected chi connectivity index (χ4v) is 3.76. The van der Waals surface area contributed by atoms with Gasteiger partial charge in [-0.25, -0.2) is 4.68 Å². The third-order valence-corrected chi connectivity index (χ3v) is 5.67. The van der Waals surface area contributed by atoms with Crippen LogP contribution in [0.25, 0.3) is 5.69 Å². The average Bonchev–Trinajstić information content (AvgIpc) is 3.17. The predicted molar refractivity (Wildman–Crippen MR) is 137 cm³/mol. The van der Waals surface area contributed by atoms with E-state index in [1.54, 1.807) is 6.08 Å². The predicted octanol–water partition coefficient (Wildman–Crippen LogP) is 5.31. The van der Waals surface area contributed by atoms with Crippen LogP contribution in [0, 0.1) is 6.92 Å². The molecule has 1 unspecified atom stereocenters. The number of ether oxygens (including phenoxy) is 2. The second-order valence-corrected chi connectivity index (χ2v) is 8.75. The van der Waals surface area contributed by atoms with Crippen LogP contribution in [0.3, 0.4) is 0 Å². The zero-order valence-corrected chi connectivity index (χ0v) is 20.8. The fourth-order valence-electron chi connectivity index (χ4n) is 3.76.